The van der Waals surface area contributed by atoms with Crippen molar-refractivity contribution >= 4 is 17.8 Å². The fraction of sp³-hybridized carbons (Fsp3) is 0.538. The van der Waals surface area contributed by atoms with Crippen LogP contribution in [0.5, 0.6) is 0 Å². The van der Waals surface area contributed by atoms with Crippen molar-refractivity contribution in [2.24, 2.45) is 11.8 Å². The maximum absolute atomic E-state index is 13.8. The van der Waals surface area contributed by atoms with Crippen LogP contribution in [0.4, 0.5) is 0 Å². The van der Waals surface area contributed by atoms with Crippen LogP contribution in [0.2, 0.25) is 0 Å². The molecule has 1 aromatic heterocycles. The molecule has 4 N–H and O–H groups in total. The van der Waals surface area contributed by atoms with Gasteiger partial charge in [0.2, 0.25) is 11.8 Å². The lowest BCUT2D eigenvalue weighted by molar-refractivity contribution is -0.151. The second-order valence-electron chi connectivity index (χ2n) is 9.15. The molecule has 1 saturated heterocycles. The average Bonchev–Trinajstić information content (AvgIpc) is 3.42. The van der Waals surface area contributed by atoms with E-state index < -0.39 is 23.8 Å². The SMILES string of the molecule is CCCC[C@@H](C[C@@H](CCc1ccccc1-c1c[nH]cn1)C(=O)N1NCCC[C@H]1C(=O)NC)C(=O)O. The summed E-state index contributed by atoms with van der Waals surface area (Å²) in [7, 11) is 1.56. The minimum absolute atomic E-state index is 0.210. The lowest BCUT2D eigenvalue weighted by Gasteiger charge is -2.37. The topological polar surface area (TPSA) is 127 Å². The van der Waals surface area contributed by atoms with E-state index in [9.17, 15) is 19.5 Å². The molecule has 3 rings (SSSR count). The van der Waals surface area contributed by atoms with E-state index in [0.717, 1.165) is 36.1 Å². The minimum Gasteiger partial charge on any atom is -0.481 e. The predicted molar refractivity (Wildman–Crippen MR) is 133 cm³/mol. The Morgan fingerprint density at radius 1 is 1.23 bits per heavy atom. The highest BCUT2D eigenvalue weighted by Crippen LogP contribution is 2.29. The molecule has 0 unspecified atom stereocenters. The zero-order valence-corrected chi connectivity index (χ0v) is 20.6. The van der Waals surface area contributed by atoms with Crippen molar-refractivity contribution in [2.45, 2.75) is 64.3 Å². The molecule has 1 fully saturated rings. The van der Waals surface area contributed by atoms with Gasteiger partial charge in [-0.2, -0.15) is 0 Å². The summed E-state index contributed by atoms with van der Waals surface area (Å²) >= 11 is 0. The van der Waals surface area contributed by atoms with Crippen molar-refractivity contribution < 1.29 is 19.5 Å². The molecule has 0 aliphatic carbocycles. The summed E-state index contributed by atoms with van der Waals surface area (Å²) in [6, 6.07) is 7.32. The highest BCUT2D eigenvalue weighted by molar-refractivity contribution is 5.88. The molecule has 9 nitrogen and oxygen atoms in total. The minimum atomic E-state index is -0.873. The molecule has 2 aromatic rings. The number of carboxylic acid groups (broad SMARTS) is 1. The predicted octanol–water partition coefficient (Wildman–Crippen LogP) is 3.15. The molecule has 0 spiro atoms. The van der Waals surface area contributed by atoms with Crippen LogP contribution in [0.3, 0.4) is 0 Å². The molecule has 1 aromatic carbocycles. The van der Waals surface area contributed by atoms with E-state index in [4.69, 9.17) is 0 Å². The van der Waals surface area contributed by atoms with E-state index in [-0.39, 0.29) is 18.2 Å². The van der Waals surface area contributed by atoms with Crippen molar-refractivity contribution in [3.8, 4) is 11.3 Å². The van der Waals surface area contributed by atoms with Gasteiger partial charge in [0, 0.05) is 31.3 Å². The van der Waals surface area contributed by atoms with Gasteiger partial charge in [-0.1, -0.05) is 44.0 Å². The number of carboxylic acids is 1. The van der Waals surface area contributed by atoms with Gasteiger partial charge in [-0.05, 0) is 44.1 Å². The largest absolute Gasteiger partial charge is 0.481 e. The summed E-state index contributed by atoms with van der Waals surface area (Å²) in [6.07, 6.45) is 8.37. The van der Waals surface area contributed by atoms with Gasteiger partial charge in [0.25, 0.3) is 0 Å². The lowest BCUT2D eigenvalue weighted by atomic mass is 9.85. The number of aromatic nitrogens is 2. The number of unbranched alkanes of at least 4 members (excludes halogenated alkanes) is 1. The van der Waals surface area contributed by atoms with Crippen LogP contribution in [0.15, 0.2) is 36.8 Å². The Morgan fingerprint density at radius 3 is 2.71 bits per heavy atom. The Labute approximate surface area is 206 Å². The number of aromatic amines is 1. The monoisotopic (exact) mass is 483 g/mol. The van der Waals surface area contributed by atoms with E-state index in [1.807, 2.05) is 37.4 Å². The van der Waals surface area contributed by atoms with Crippen LogP contribution in [-0.2, 0) is 20.8 Å². The number of imidazole rings is 1. The second kappa shape index (κ2) is 13.0. The average molecular weight is 484 g/mol. The van der Waals surface area contributed by atoms with E-state index in [2.05, 4.69) is 20.7 Å². The molecule has 2 heterocycles. The summed E-state index contributed by atoms with van der Waals surface area (Å²) in [5.41, 5.74) is 5.96. The third-order valence-electron chi connectivity index (χ3n) is 6.76. The molecule has 35 heavy (non-hydrogen) atoms. The fourth-order valence-electron chi connectivity index (χ4n) is 4.78. The first kappa shape index (κ1) is 26.4. The number of hydrazine groups is 1. The Kier molecular flexibility index (Phi) is 9.84. The molecule has 2 amide bonds. The molecule has 9 heteroatoms. The van der Waals surface area contributed by atoms with Gasteiger partial charge in [-0.3, -0.25) is 19.4 Å². The number of carbonyl (C=O) groups is 3. The maximum Gasteiger partial charge on any atom is 0.306 e. The number of aryl methyl sites for hydroxylation is 1. The highest BCUT2D eigenvalue weighted by Gasteiger charge is 2.37. The normalized spacial score (nSPS) is 17.5. The summed E-state index contributed by atoms with van der Waals surface area (Å²) < 4.78 is 0. The number of benzene rings is 1. The number of rotatable bonds is 12. The molecule has 3 atom stereocenters. The Balaban J connectivity index is 1.85. The van der Waals surface area contributed by atoms with Gasteiger partial charge in [-0.25, -0.2) is 10.4 Å². The van der Waals surface area contributed by atoms with E-state index in [0.29, 0.717) is 32.2 Å². The number of likely N-dealkylation sites (N-methyl/N-ethyl adjacent to an activating group) is 1. The Bertz CT molecular complexity index is 978. The lowest BCUT2D eigenvalue weighted by Crippen LogP contribution is -2.59. The summed E-state index contributed by atoms with van der Waals surface area (Å²) in [5, 5.41) is 14.0. The summed E-state index contributed by atoms with van der Waals surface area (Å²) in [6.45, 7) is 2.63. The zero-order valence-electron chi connectivity index (χ0n) is 20.6. The van der Waals surface area contributed by atoms with E-state index >= 15 is 0 Å². The van der Waals surface area contributed by atoms with Crippen molar-refractivity contribution in [3.63, 3.8) is 0 Å². The van der Waals surface area contributed by atoms with E-state index in [1.54, 1.807) is 13.4 Å². The quantitative estimate of drug-likeness (QED) is 0.367. The molecular weight excluding hydrogens is 446 g/mol. The molecule has 0 saturated carbocycles. The third-order valence-corrected chi connectivity index (χ3v) is 6.76. The van der Waals surface area contributed by atoms with Gasteiger partial charge in [0.05, 0.1) is 17.9 Å². The summed E-state index contributed by atoms with van der Waals surface area (Å²) in [4.78, 5) is 45.6. The number of aliphatic carboxylic acids is 1. The number of H-pyrrole nitrogens is 1. The van der Waals surface area contributed by atoms with E-state index in [1.165, 1.54) is 5.01 Å². The Hall–Kier alpha value is -3.20. The van der Waals surface area contributed by atoms with Crippen LogP contribution in [-0.4, -0.2) is 57.5 Å². The van der Waals surface area contributed by atoms with Crippen molar-refractivity contribution in [1.29, 1.82) is 0 Å². The molecule has 0 radical (unpaired) electrons. The number of hydrogen-bond acceptors (Lipinski definition) is 5. The summed E-state index contributed by atoms with van der Waals surface area (Å²) in [5.74, 6) is -2.43. The number of nitrogens with one attached hydrogen (secondary N) is 3. The molecule has 1 aliphatic rings. The van der Waals surface area contributed by atoms with Crippen molar-refractivity contribution in [3.05, 3.63) is 42.4 Å². The van der Waals surface area contributed by atoms with Gasteiger partial charge in [0.15, 0.2) is 0 Å². The van der Waals surface area contributed by atoms with Gasteiger partial charge < -0.3 is 15.4 Å². The standard InChI is InChI=1S/C26H37N5O4/c1-3-4-8-20(26(34)35)15-19(25(33)31-23(24(32)27-2)11-7-14-30-31)13-12-18-9-5-6-10-21(18)22-16-28-17-29-22/h5-6,9-10,16-17,19-20,23,30H,3-4,7-8,11-15H2,1-2H3,(H,27,32)(H,28,29)(H,34,35)/t19-,20+,23+/m1/s1. The van der Waals surface area contributed by atoms with Gasteiger partial charge >= 0.3 is 5.97 Å². The van der Waals surface area contributed by atoms with Crippen LogP contribution in [0.1, 0.15) is 57.4 Å². The van der Waals surface area contributed by atoms with Crippen LogP contribution >= 0.6 is 0 Å². The van der Waals surface area contributed by atoms with Crippen LogP contribution < -0.4 is 10.7 Å². The van der Waals surface area contributed by atoms with Gasteiger partial charge in [-0.15, -0.1) is 0 Å². The first-order chi connectivity index (χ1) is 17.0. The second-order valence-corrected chi connectivity index (χ2v) is 9.15. The number of hydrogen-bond donors (Lipinski definition) is 4. The Morgan fingerprint density at radius 2 is 2.03 bits per heavy atom. The number of nitrogens with zero attached hydrogens (tertiary/aromatic N) is 2. The smallest absolute Gasteiger partial charge is 0.306 e. The molecule has 1 aliphatic heterocycles. The fourth-order valence-corrected chi connectivity index (χ4v) is 4.78. The first-order valence-corrected chi connectivity index (χ1v) is 12.5. The van der Waals surface area contributed by atoms with Crippen molar-refractivity contribution in [1.82, 2.24) is 25.7 Å². The highest BCUT2D eigenvalue weighted by atomic mass is 16.4. The third kappa shape index (κ3) is 6.91. The first-order valence-electron chi connectivity index (χ1n) is 12.5. The maximum atomic E-state index is 13.8. The van der Waals surface area contributed by atoms with Gasteiger partial charge in [0.1, 0.15) is 6.04 Å². The number of carbonyl (C=O) groups excluding carboxylic acids is 2. The van der Waals surface area contributed by atoms with Crippen LogP contribution in [0, 0.1) is 11.8 Å². The van der Waals surface area contributed by atoms with Crippen molar-refractivity contribution in [2.75, 3.05) is 13.6 Å². The number of amides is 2. The molecule has 0 bridgehead atoms. The molecular formula is C26H37N5O4. The zero-order chi connectivity index (χ0) is 25.2. The molecule has 190 valence electrons. The van der Waals surface area contributed by atoms with Crippen LogP contribution in [0.25, 0.3) is 11.3 Å².